The van der Waals surface area contributed by atoms with Crippen molar-refractivity contribution in [3.05, 3.63) is 70.6 Å². The predicted molar refractivity (Wildman–Crippen MR) is 123 cm³/mol. The van der Waals surface area contributed by atoms with Crippen LogP contribution in [0.2, 0.25) is 0 Å². The lowest BCUT2D eigenvalue weighted by Crippen LogP contribution is -2.43. The van der Waals surface area contributed by atoms with E-state index in [0.29, 0.717) is 17.8 Å². The molecule has 1 atom stereocenters. The number of amides is 2. The molecule has 174 valence electrons. The van der Waals surface area contributed by atoms with E-state index < -0.39 is 11.7 Å². The maximum Gasteiger partial charge on any atom is 0.416 e. The van der Waals surface area contributed by atoms with Gasteiger partial charge in [-0.1, -0.05) is 43.0 Å². The first-order valence-corrected chi connectivity index (χ1v) is 11.9. The van der Waals surface area contributed by atoms with Gasteiger partial charge in [0.05, 0.1) is 22.7 Å². The zero-order valence-electron chi connectivity index (χ0n) is 18.3. The molecule has 4 nitrogen and oxygen atoms in total. The number of fused-ring (bicyclic) bond motifs is 1. The van der Waals surface area contributed by atoms with Crippen molar-refractivity contribution in [1.29, 1.82) is 0 Å². The quantitative estimate of drug-likeness (QED) is 0.509. The fourth-order valence-corrected chi connectivity index (χ4v) is 5.38. The van der Waals surface area contributed by atoms with Crippen LogP contribution in [0, 0.1) is 0 Å². The van der Waals surface area contributed by atoms with Crippen molar-refractivity contribution in [3.63, 3.8) is 0 Å². The molecule has 0 spiro atoms. The highest BCUT2D eigenvalue weighted by molar-refractivity contribution is 8.04. The number of para-hydroxylation sites is 1. The number of carbonyl (C=O) groups is 2. The smallest absolute Gasteiger partial charge is 0.336 e. The Morgan fingerprint density at radius 3 is 2.70 bits per heavy atom. The molecule has 0 saturated carbocycles. The van der Waals surface area contributed by atoms with Crippen LogP contribution in [0.3, 0.4) is 0 Å². The van der Waals surface area contributed by atoms with Crippen LogP contribution in [0.1, 0.15) is 43.7 Å². The van der Waals surface area contributed by atoms with E-state index in [4.69, 9.17) is 0 Å². The second kappa shape index (κ2) is 9.63. The van der Waals surface area contributed by atoms with Crippen molar-refractivity contribution in [3.8, 4) is 0 Å². The molecule has 0 aromatic heterocycles. The second-order valence-corrected chi connectivity index (χ2v) is 9.34. The molecule has 33 heavy (non-hydrogen) atoms. The average molecular weight is 475 g/mol. The van der Waals surface area contributed by atoms with Crippen LogP contribution in [0.15, 0.2) is 64.4 Å². The fraction of sp³-hybridized carbons (Fsp3) is 0.360. The molecule has 2 amide bonds. The summed E-state index contributed by atoms with van der Waals surface area (Å²) in [6, 6.07) is 12.4. The lowest BCUT2D eigenvalue weighted by Gasteiger charge is -2.35. The van der Waals surface area contributed by atoms with E-state index in [1.165, 1.54) is 28.8 Å². The average Bonchev–Trinajstić information content (AvgIpc) is 2.81. The molecule has 2 aromatic rings. The van der Waals surface area contributed by atoms with Gasteiger partial charge in [-0.2, -0.15) is 13.2 Å². The molecule has 4 rings (SSSR count). The first-order chi connectivity index (χ1) is 15.8. The third kappa shape index (κ3) is 5.11. The Balaban J connectivity index is 1.65. The number of halogens is 3. The van der Waals surface area contributed by atoms with Crippen LogP contribution in [0.4, 0.5) is 18.9 Å². The first-order valence-electron chi connectivity index (χ1n) is 11.0. The van der Waals surface area contributed by atoms with Gasteiger partial charge in [-0.25, -0.2) is 0 Å². The number of carbonyl (C=O) groups excluding carboxylic acids is 2. The highest BCUT2D eigenvalue weighted by atomic mass is 32.2. The van der Waals surface area contributed by atoms with E-state index >= 15 is 0 Å². The molecule has 1 fully saturated rings. The maximum atomic E-state index is 13.4. The van der Waals surface area contributed by atoms with Crippen molar-refractivity contribution in [2.75, 3.05) is 11.4 Å². The molecule has 8 heteroatoms. The Labute approximate surface area is 195 Å². The summed E-state index contributed by atoms with van der Waals surface area (Å²) in [6.07, 6.45) is 0.784. The van der Waals surface area contributed by atoms with Gasteiger partial charge in [-0.05, 0) is 55.5 Å². The van der Waals surface area contributed by atoms with Gasteiger partial charge in [-0.15, -0.1) is 0 Å². The van der Waals surface area contributed by atoms with Crippen LogP contribution >= 0.6 is 11.8 Å². The Morgan fingerprint density at radius 1 is 1.15 bits per heavy atom. The standard InChI is InChI=1S/C25H25F3N2O2S/c1-2-19-10-5-6-13-29(19)23(31)15-22-24(32)30(20-11-3-4-12-21(20)33-22)16-17-8-7-9-18(14-17)25(26,27)28/h3-4,7-9,11-12,14-15,19H,2,5-6,10,13,16H2,1H3. The third-order valence-electron chi connectivity index (χ3n) is 6.06. The molecule has 0 N–H and O–H groups in total. The number of alkyl halides is 3. The van der Waals surface area contributed by atoms with Crippen molar-refractivity contribution < 1.29 is 22.8 Å². The van der Waals surface area contributed by atoms with E-state index in [2.05, 4.69) is 6.92 Å². The highest BCUT2D eigenvalue weighted by Crippen LogP contribution is 2.42. The second-order valence-electron chi connectivity index (χ2n) is 8.26. The number of hydrogen-bond acceptors (Lipinski definition) is 3. The minimum absolute atomic E-state index is 0.0207. The zero-order chi connectivity index (χ0) is 23.6. The van der Waals surface area contributed by atoms with E-state index in [1.807, 2.05) is 17.0 Å². The van der Waals surface area contributed by atoms with Crippen molar-refractivity contribution in [1.82, 2.24) is 4.90 Å². The van der Waals surface area contributed by atoms with E-state index in [9.17, 15) is 22.8 Å². The lowest BCUT2D eigenvalue weighted by molar-refractivity contribution is -0.137. The van der Waals surface area contributed by atoms with E-state index in [1.54, 1.807) is 18.2 Å². The van der Waals surface area contributed by atoms with Crippen LogP contribution < -0.4 is 4.90 Å². The van der Waals surface area contributed by atoms with Crippen molar-refractivity contribution >= 4 is 29.3 Å². The largest absolute Gasteiger partial charge is 0.416 e. The molecule has 0 aliphatic carbocycles. The fourth-order valence-electron chi connectivity index (χ4n) is 4.36. The first kappa shape index (κ1) is 23.4. The van der Waals surface area contributed by atoms with Crippen LogP contribution in [0.5, 0.6) is 0 Å². The summed E-state index contributed by atoms with van der Waals surface area (Å²) in [5, 5.41) is 0. The summed E-state index contributed by atoms with van der Waals surface area (Å²) in [7, 11) is 0. The zero-order valence-corrected chi connectivity index (χ0v) is 19.1. The van der Waals surface area contributed by atoms with Crippen LogP contribution in [-0.4, -0.2) is 29.3 Å². The highest BCUT2D eigenvalue weighted by Gasteiger charge is 2.33. The molecule has 2 aromatic carbocycles. The molecular formula is C25H25F3N2O2S. The van der Waals surface area contributed by atoms with Gasteiger partial charge in [0.15, 0.2) is 0 Å². The van der Waals surface area contributed by atoms with Gasteiger partial charge < -0.3 is 9.80 Å². The SMILES string of the molecule is CCC1CCCCN1C(=O)C=C1Sc2ccccc2N(Cc2cccc(C(F)(F)F)c2)C1=O. The summed E-state index contributed by atoms with van der Waals surface area (Å²) in [4.78, 5) is 30.8. The number of likely N-dealkylation sites (tertiary alicyclic amines) is 1. The van der Waals surface area contributed by atoms with Gasteiger partial charge in [0, 0.05) is 23.6 Å². The Hall–Kier alpha value is -2.74. The molecular weight excluding hydrogens is 449 g/mol. The van der Waals surface area contributed by atoms with Crippen molar-refractivity contribution in [2.45, 2.75) is 56.3 Å². The van der Waals surface area contributed by atoms with E-state index in [-0.39, 0.29) is 29.3 Å². The monoisotopic (exact) mass is 474 g/mol. The number of benzene rings is 2. The number of thioether (sulfide) groups is 1. The summed E-state index contributed by atoms with van der Waals surface area (Å²) in [6.45, 7) is 2.70. The summed E-state index contributed by atoms with van der Waals surface area (Å²) in [5.41, 5.74) is 0.236. The molecule has 1 saturated heterocycles. The number of nitrogens with zero attached hydrogens (tertiary/aromatic N) is 2. The van der Waals surface area contributed by atoms with E-state index in [0.717, 1.165) is 42.7 Å². The maximum absolute atomic E-state index is 13.4. The van der Waals surface area contributed by atoms with Gasteiger partial charge in [0.1, 0.15) is 0 Å². The molecule has 2 aliphatic rings. The number of anilines is 1. The third-order valence-corrected chi connectivity index (χ3v) is 7.14. The van der Waals surface area contributed by atoms with Gasteiger partial charge in [-0.3, -0.25) is 9.59 Å². The minimum Gasteiger partial charge on any atom is -0.336 e. The molecule has 1 unspecified atom stereocenters. The number of rotatable bonds is 4. The summed E-state index contributed by atoms with van der Waals surface area (Å²) >= 11 is 1.23. The molecule has 2 heterocycles. The molecule has 0 bridgehead atoms. The number of piperidine rings is 1. The lowest BCUT2D eigenvalue weighted by atomic mass is 10.00. The summed E-state index contributed by atoms with van der Waals surface area (Å²) < 4.78 is 39.5. The van der Waals surface area contributed by atoms with Crippen molar-refractivity contribution in [2.24, 2.45) is 0 Å². The predicted octanol–water partition coefficient (Wildman–Crippen LogP) is 6.02. The Kier molecular flexibility index (Phi) is 6.83. The molecule has 0 radical (unpaired) electrons. The van der Waals surface area contributed by atoms with Gasteiger partial charge in [0.2, 0.25) is 5.91 Å². The van der Waals surface area contributed by atoms with Gasteiger partial charge >= 0.3 is 6.18 Å². The molecule has 2 aliphatic heterocycles. The van der Waals surface area contributed by atoms with Gasteiger partial charge in [0.25, 0.3) is 5.91 Å². The van der Waals surface area contributed by atoms with Crippen LogP contribution in [-0.2, 0) is 22.3 Å². The van der Waals surface area contributed by atoms with Crippen LogP contribution in [0.25, 0.3) is 0 Å². The minimum atomic E-state index is -4.46. The Bertz CT molecular complexity index is 1080. The Morgan fingerprint density at radius 2 is 1.94 bits per heavy atom. The topological polar surface area (TPSA) is 40.6 Å². The number of hydrogen-bond donors (Lipinski definition) is 0. The summed E-state index contributed by atoms with van der Waals surface area (Å²) in [5.74, 6) is -0.565. The normalized spacial score (nSPS) is 20.2.